The van der Waals surface area contributed by atoms with Crippen molar-refractivity contribution in [2.45, 2.75) is 420 Å². The van der Waals surface area contributed by atoms with Gasteiger partial charge in [0.25, 0.3) is 0 Å². The summed E-state index contributed by atoms with van der Waals surface area (Å²) in [5.41, 5.74) is 0. The largest absolute Gasteiger partial charge is 0.394 e. The number of nitrogens with one attached hydrogen (secondary N) is 1. The van der Waals surface area contributed by atoms with Crippen LogP contribution in [0.4, 0.5) is 0 Å². The Kier molecular flexibility index (Phi) is 57.9. The molecule has 19 nitrogen and oxygen atoms in total. The van der Waals surface area contributed by atoms with Crippen molar-refractivity contribution in [1.82, 2.24) is 5.32 Å². The molecule has 0 saturated carbocycles. The standard InChI is InChI=1S/C83H149NO18/c1-3-5-7-9-11-13-15-17-19-21-23-25-27-29-31-32-33-34-35-37-39-41-43-45-47-49-51-53-55-57-59-61-71(89)84-66(67(88)60-58-56-54-52-50-48-46-44-42-40-38-36-30-28-26-24-22-20-18-16-14-12-10-8-6-4-2)65-97-81-77(95)74(92)79(69(63-86)99-81)102-83-78(96)75(93)80(70(64-87)100-83)101-82-76(94)73(91)72(90)68(62-85)98-82/h5,7,11,13,17,19,23,25,29,31,33-34,66-70,72-83,85-88,90-96H,3-4,6,8-10,12,14-16,18,20-22,24,26-28,30,32,35-65H2,1-2H3,(H,84,89)/b7-5-,13-11-,19-17-,25-23-,31-29-,34-33-. The zero-order valence-corrected chi connectivity index (χ0v) is 63.6. The summed E-state index contributed by atoms with van der Waals surface area (Å²) < 4.78 is 34.5. The second kappa shape index (κ2) is 63.2. The molecule has 0 aliphatic carbocycles. The van der Waals surface area contributed by atoms with Gasteiger partial charge in [-0.1, -0.05) is 318 Å². The van der Waals surface area contributed by atoms with Crippen LogP contribution >= 0.6 is 0 Å². The first-order valence-corrected chi connectivity index (χ1v) is 41.2. The monoisotopic (exact) mass is 1450 g/mol. The van der Waals surface area contributed by atoms with E-state index >= 15 is 0 Å². The van der Waals surface area contributed by atoms with Gasteiger partial charge in [0.15, 0.2) is 18.9 Å². The molecule has 19 heteroatoms. The minimum atomic E-state index is -1.98. The number of rotatable bonds is 65. The van der Waals surface area contributed by atoms with Gasteiger partial charge in [0, 0.05) is 6.42 Å². The first-order chi connectivity index (χ1) is 49.8. The lowest BCUT2D eigenvalue weighted by Crippen LogP contribution is -2.66. The normalized spacial score (nSPS) is 26.5. The van der Waals surface area contributed by atoms with Crippen molar-refractivity contribution >= 4 is 5.91 Å². The van der Waals surface area contributed by atoms with Crippen molar-refractivity contribution in [2.75, 3.05) is 26.4 Å². The molecular weight excluding hydrogens is 1300 g/mol. The molecular formula is C83H149NO18. The Balaban J connectivity index is 1.36. The van der Waals surface area contributed by atoms with Gasteiger partial charge in [-0.25, -0.2) is 0 Å². The highest BCUT2D eigenvalue weighted by molar-refractivity contribution is 5.76. The number of carbonyl (C=O) groups is 1. The van der Waals surface area contributed by atoms with Crippen molar-refractivity contribution in [3.05, 3.63) is 72.9 Å². The number of hydrogen-bond donors (Lipinski definition) is 12. The van der Waals surface area contributed by atoms with E-state index in [-0.39, 0.29) is 18.9 Å². The predicted octanol–water partition coefficient (Wildman–Crippen LogP) is 14.0. The lowest BCUT2D eigenvalue weighted by molar-refractivity contribution is -0.379. The minimum absolute atomic E-state index is 0.243. The molecule has 3 aliphatic rings. The van der Waals surface area contributed by atoms with E-state index < -0.39 is 124 Å². The number of unbranched alkanes of at least 4 members (excludes halogenated alkanes) is 37. The highest BCUT2D eigenvalue weighted by atomic mass is 16.8. The number of aliphatic hydroxyl groups excluding tert-OH is 11. The number of amides is 1. The molecule has 0 aromatic rings. The smallest absolute Gasteiger partial charge is 0.220 e. The molecule has 594 valence electrons. The molecule has 3 fully saturated rings. The van der Waals surface area contributed by atoms with Gasteiger partial charge in [-0.15, -0.1) is 0 Å². The van der Waals surface area contributed by atoms with Crippen LogP contribution in [0, 0.1) is 0 Å². The van der Waals surface area contributed by atoms with Gasteiger partial charge in [-0.3, -0.25) is 4.79 Å². The summed E-state index contributed by atoms with van der Waals surface area (Å²) in [6.07, 6.45) is 55.5. The molecule has 3 heterocycles. The first-order valence-electron chi connectivity index (χ1n) is 41.2. The maximum absolute atomic E-state index is 13.5. The zero-order chi connectivity index (χ0) is 73.9. The number of allylic oxidation sites excluding steroid dienone is 12. The Hall–Kier alpha value is -2.77. The molecule has 17 atom stereocenters. The minimum Gasteiger partial charge on any atom is -0.394 e. The summed E-state index contributed by atoms with van der Waals surface area (Å²) in [6, 6.07) is -0.894. The molecule has 3 saturated heterocycles. The molecule has 17 unspecified atom stereocenters. The van der Waals surface area contributed by atoms with E-state index in [4.69, 9.17) is 28.4 Å². The van der Waals surface area contributed by atoms with Crippen LogP contribution in [0.5, 0.6) is 0 Å². The summed E-state index contributed by atoms with van der Waals surface area (Å²) in [6.45, 7) is 1.72. The molecule has 3 rings (SSSR count). The lowest BCUT2D eigenvalue weighted by atomic mass is 9.96. The van der Waals surface area contributed by atoms with Crippen LogP contribution in [0.3, 0.4) is 0 Å². The topological polar surface area (TPSA) is 307 Å². The maximum Gasteiger partial charge on any atom is 0.220 e. The van der Waals surface area contributed by atoms with Gasteiger partial charge < -0.3 is 89.9 Å². The van der Waals surface area contributed by atoms with Crippen molar-refractivity contribution < 1.29 is 89.4 Å². The molecule has 0 aromatic carbocycles. The molecule has 0 radical (unpaired) electrons. The van der Waals surface area contributed by atoms with Crippen LogP contribution in [0.1, 0.15) is 316 Å². The van der Waals surface area contributed by atoms with E-state index in [0.29, 0.717) is 12.8 Å². The number of ether oxygens (including phenoxy) is 6. The first kappa shape index (κ1) is 93.4. The van der Waals surface area contributed by atoms with E-state index in [1.54, 1.807) is 0 Å². The summed E-state index contributed by atoms with van der Waals surface area (Å²) in [7, 11) is 0. The van der Waals surface area contributed by atoms with E-state index in [9.17, 15) is 61.0 Å². The van der Waals surface area contributed by atoms with Crippen LogP contribution < -0.4 is 5.32 Å². The van der Waals surface area contributed by atoms with Crippen LogP contribution in [-0.4, -0.2) is 193 Å². The quantitative estimate of drug-likeness (QED) is 0.0199. The van der Waals surface area contributed by atoms with Gasteiger partial charge in [0.2, 0.25) is 5.91 Å². The molecule has 0 aromatic heterocycles. The van der Waals surface area contributed by atoms with E-state index in [0.717, 1.165) is 89.9 Å². The van der Waals surface area contributed by atoms with E-state index in [2.05, 4.69) is 92.1 Å². The molecule has 12 N–H and O–H groups in total. The van der Waals surface area contributed by atoms with E-state index in [1.807, 2.05) is 0 Å². The summed E-state index contributed by atoms with van der Waals surface area (Å²) >= 11 is 0. The van der Waals surface area contributed by atoms with Crippen LogP contribution in [0.15, 0.2) is 72.9 Å². The molecule has 1 amide bonds. The van der Waals surface area contributed by atoms with Crippen LogP contribution in [0.25, 0.3) is 0 Å². The third kappa shape index (κ3) is 42.7. The van der Waals surface area contributed by atoms with Crippen molar-refractivity contribution in [3.8, 4) is 0 Å². The highest BCUT2D eigenvalue weighted by Crippen LogP contribution is 2.33. The second-order valence-electron chi connectivity index (χ2n) is 29.2. The lowest BCUT2D eigenvalue weighted by Gasteiger charge is -2.48. The third-order valence-corrected chi connectivity index (χ3v) is 20.3. The fraction of sp³-hybridized carbons (Fsp3) is 0.843. The van der Waals surface area contributed by atoms with Gasteiger partial charge in [-0.2, -0.15) is 0 Å². The van der Waals surface area contributed by atoms with Gasteiger partial charge in [-0.05, 0) is 64.2 Å². The Morgan fingerprint density at radius 2 is 0.676 bits per heavy atom. The Morgan fingerprint density at radius 3 is 1.06 bits per heavy atom. The third-order valence-electron chi connectivity index (χ3n) is 20.3. The zero-order valence-electron chi connectivity index (χ0n) is 63.6. The molecule has 0 bridgehead atoms. The van der Waals surface area contributed by atoms with Crippen LogP contribution in [0.2, 0.25) is 0 Å². The average molecular weight is 1450 g/mol. The Labute approximate surface area is 617 Å². The maximum atomic E-state index is 13.5. The number of carbonyl (C=O) groups excluding carboxylic acids is 1. The summed E-state index contributed by atoms with van der Waals surface area (Å²) in [5, 5.41) is 121. The Morgan fingerprint density at radius 1 is 0.363 bits per heavy atom. The van der Waals surface area contributed by atoms with Gasteiger partial charge in [0.1, 0.15) is 73.2 Å². The summed E-state index contributed by atoms with van der Waals surface area (Å²) in [5.74, 6) is -0.243. The SMILES string of the molecule is CC/C=C\C/C=C\C/C=C\C/C=C\C/C=C\C/C=C\CCCCCCCCCCCCCCC(=O)NC(COC1OC(CO)C(OC2OC(CO)C(OC3OC(CO)C(O)C(O)C3O)C(O)C2O)C(O)C1O)C(O)CCCCCCCCCCCCCCCCCCCCCCCCCCCC. The predicted molar refractivity (Wildman–Crippen MR) is 406 cm³/mol. The number of aliphatic hydroxyl groups is 11. The second-order valence-corrected chi connectivity index (χ2v) is 29.2. The summed E-state index contributed by atoms with van der Waals surface area (Å²) in [4.78, 5) is 13.5. The highest BCUT2D eigenvalue weighted by Gasteiger charge is 2.54. The molecule has 102 heavy (non-hydrogen) atoms. The average Bonchev–Trinajstić information content (AvgIpc) is 0.781. The molecule has 3 aliphatic heterocycles. The van der Waals surface area contributed by atoms with E-state index in [1.165, 1.54) is 193 Å². The fourth-order valence-electron chi connectivity index (χ4n) is 13.7. The van der Waals surface area contributed by atoms with Crippen molar-refractivity contribution in [3.63, 3.8) is 0 Å². The van der Waals surface area contributed by atoms with Crippen molar-refractivity contribution in [2.24, 2.45) is 0 Å². The van der Waals surface area contributed by atoms with Crippen LogP contribution in [-0.2, 0) is 33.2 Å². The Bertz CT molecular complexity index is 2120. The van der Waals surface area contributed by atoms with Gasteiger partial charge >= 0.3 is 0 Å². The van der Waals surface area contributed by atoms with Crippen molar-refractivity contribution in [1.29, 1.82) is 0 Å². The van der Waals surface area contributed by atoms with Gasteiger partial charge in [0.05, 0.1) is 38.6 Å². The number of hydrogen-bond acceptors (Lipinski definition) is 18. The molecule has 0 spiro atoms. The fourth-order valence-corrected chi connectivity index (χ4v) is 13.7.